The minimum absolute atomic E-state index is 0.103. The summed E-state index contributed by atoms with van der Waals surface area (Å²) in [5, 5.41) is 0.814. The van der Waals surface area contributed by atoms with Crippen LogP contribution < -0.4 is 0 Å². The Labute approximate surface area is 161 Å². The van der Waals surface area contributed by atoms with Gasteiger partial charge in [0.25, 0.3) is 0 Å². The molecule has 142 valence electrons. The summed E-state index contributed by atoms with van der Waals surface area (Å²) >= 11 is 1.59. The number of thiazole rings is 1. The van der Waals surface area contributed by atoms with Gasteiger partial charge < -0.3 is 9.30 Å². The fourth-order valence-corrected chi connectivity index (χ4v) is 4.64. The molecule has 0 aliphatic heterocycles. The summed E-state index contributed by atoms with van der Waals surface area (Å²) in [5.41, 5.74) is 5.21. The minimum Gasteiger partial charge on any atom is -0.383 e. The van der Waals surface area contributed by atoms with Crippen molar-refractivity contribution in [3.63, 3.8) is 0 Å². The molecule has 7 heteroatoms. The molecule has 3 aromatic rings. The second kappa shape index (κ2) is 7.13. The van der Waals surface area contributed by atoms with E-state index in [9.17, 15) is 4.39 Å². The Morgan fingerprint density at radius 3 is 2.81 bits per heavy atom. The monoisotopic (exact) mass is 386 g/mol. The topological polar surface area (TPSA) is 52.8 Å². The molecule has 0 fully saturated rings. The number of aryl methyl sites for hydroxylation is 3. The zero-order chi connectivity index (χ0) is 19.1. The van der Waals surface area contributed by atoms with E-state index in [2.05, 4.69) is 29.6 Å². The SMILES string of the molecule is CCC(COC)n1cc(C)c2nc(-c3nc4c(s3)CCC(F)=C4)c(C)nc21. The molecule has 4 rings (SSSR count). The van der Waals surface area contributed by atoms with Crippen LogP contribution in [0.3, 0.4) is 0 Å². The van der Waals surface area contributed by atoms with E-state index in [1.807, 2.05) is 6.92 Å². The van der Waals surface area contributed by atoms with Gasteiger partial charge in [0.1, 0.15) is 22.0 Å². The van der Waals surface area contributed by atoms with Crippen molar-refractivity contribution in [3.8, 4) is 10.7 Å². The highest BCUT2D eigenvalue weighted by Crippen LogP contribution is 2.35. The molecule has 1 aliphatic rings. The Kier molecular flexibility index (Phi) is 4.82. The third-order valence-electron chi connectivity index (χ3n) is 5.04. The van der Waals surface area contributed by atoms with Gasteiger partial charge in [-0.1, -0.05) is 6.92 Å². The van der Waals surface area contributed by atoms with Crippen molar-refractivity contribution in [2.75, 3.05) is 13.7 Å². The minimum atomic E-state index is -0.103. The van der Waals surface area contributed by atoms with Gasteiger partial charge in [0.15, 0.2) is 5.65 Å². The first-order valence-electron chi connectivity index (χ1n) is 9.22. The molecule has 0 bridgehead atoms. The highest BCUT2D eigenvalue weighted by Gasteiger charge is 2.22. The Bertz CT molecular complexity index is 1040. The summed E-state index contributed by atoms with van der Waals surface area (Å²) in [6.45, 7) is 6.80. The quantitative estimate of drug-likeness (QED) is 0.617. The van der Waals surface area contributed by atoms with Gasteiger partial charge in [-0.25, -0.2) is 19.3 Å². The normalized spacial score (nSPS) is 15.1. The van der Waals surface area contributed by atoms with E-state index in [1.54, 1.807) is 24.5 Å². The van der Waals surface area contributed by atoms with Crippen LogP contribution in [0.15, 0.2) is 12.0 Å². The lowest BCUT2D eigenvalue weighted by molar-refractivity contribution is 0.154. The Morgan fingerprint density at radius 1 is 1.26 bits per heavy atom. The Hall–Kier alpha value is -2.12. The summed E-state index contributed by atoms with van der Waals surface area (Å²) in [4.78, 5) is 15.5. The maximum atomic E-state index is 13.6. The van der Waals surface area contributed by atoms with E-state index in [1.165, 1.54) is 0 Å². The fourth-order valence-electron chi connectivity index (χ4n) is 3.56. The van der Waals surface area contributed by atoms with Crippen LogP contribution in [0.2, 0.25) is 0 Å². The zero-order valence-electron chi connectivity index (χ0n) is 16.0. The average molecular weight is 386 g/mol. The number of halogens is 1. The van der Waals surface area contributed by atoms with Gasteiger partial charge in [-0.2, -0.15) is 0 Å². The lowest BCUT2D eigenvalue weighted by Gasteiger charge is -2.17. The number of rotatable bonds is 5. The number of ether oxygens (including phenoxy) is 1. The van der Waals surface area contributed by atoms with Crippen LogP contribution in [0, 0.1) is 13.8 Å². The third kappa shape index (κ3) is 3.19. The Morgan fingerprint density at radius 2 is 2.07 bits per heavy atom. The van der Waals surface area contributed by atoms with E-state index in [0.29, 0.717) is 19.4 Å². The fraction of sp³-hybridized carbons (Fsp3) is 0.450. The van der Waals surface area contributed by atoms with Gasteiger partial charge >= 0.3 is 0 Å². The van der Waals surface area contributed by atoms with Gasteiger partial charge in [0.2, 0.25) is 0 Å². The van der Waals surface area contributed by atoms with Crippen molar-refractivity contribution in [2.45, 2.75) is 46.1 Å². The highest BCUT2D eigenvalue weighted by molar-refractivity contribution is 7.15. The summed E-state index contributed by atoms with van der Waals surface area (Å²) in [7, 11) is 1.72. The van der Waals surface area contributed by atoms with Crippen LogP contribution in [0.4, 0.5) is 4.39 Å². The summed E-state index contributed by atoms with van der Waals surface area (Å²) < 4.78 is 21.1. The number of hydrogen-bond acceptors (Lipinski definition) is 5. The van der Waals surface area contributed by atoms with Crippen LogP contribution in [0.25, 0.3) is 27.9 Å². The van der Waals surface area contributed by atoms with Crippen LogP contribution in [0.1, 0.15) is 47.6 Å². The smallest absolute Gasteiger partial charge is 0.159 e. The van der Waals surface area contributed by atoms with Crippen LogP contribution >= 0.6 is 11.3 Å². The van der Waals surface area contributed by atoms with Crippen LogP contribution in [-0.4, -0.2) is 33.2 Å². The predicted molar refractivity (Wildman–Crippen MR) is 107 cm³/mol. The van der Waals surface area contributed by atoms with E-state index in [0.717, 1.165) is 50.1 Å². The average Bonchev–Trinajstić information content (AvgIpc) is 3.19. The second-order valence-electron chi connectivity index (χ2n) is 6.99. The molecule has 0 radical (unpaired) electrons. The number of allylic oxidation sites excluding steroid dienone is 1. The number of hydrogen-bond donors (Lipinski definition) is 0. The summed E-state index contributed by atoms with van der Waals surface area (Å²) in [6, 6.07) is 0.228. The maximum Gasteiger partial charge on any atom is 0.159 e. The molecular formula is C20H23FN4OS. The molecule has 1 atom stereocenters. The van der Waals surface area contributed by atoms with Gasteiger partial charge in [0.05, 0.1) is 24.0 Å². The van der Waals surface area contributed by atoms with Crippen molar-refractivity contribution in [1.29, 1.82) is 0 Å². The molecule has 1 unspecified atom stereocenters. The number of nitrogens with zero attached hydrogens (tertiary/aromatic N) is 4. The van der Waals surface area contributed by atoms with Crippen molar-refractivity contribution < 1.29 is 9.13 Å². The summed E-state index contributed by atoms with van der Waals surface area (Å²) in [6.07, 6.45) is 5.76. The van der Waals surface area contributed by atoms with Crippen LogP contribution in [-0.2, 0) is 11.2 Å². The molecule has 3 aromatic heterocycles. The van der Waals surface area contributed by atoms with Crippen molar-refractivity contribution in [3.05, 3.63) is 33.9 Å². The maximum absolute atomic E-state index is 13.6. The molecule has 1 aliphatic carbocycles. The van der Waals surface area contributed by atoms with E-state index in [4.69, 9.17) is 14.7 Å². The molecule has 0 saturated carbocycles. The molecule has 0 N–H and O–H groups in total. The molecule has 5 nitrogen and oxygen atoms in total. The second-order valence-corrected chi connectivity index (χ2v) is 8.07. The Balaban J connectivity index is 1.82. The molecule has 0 amide bonds. The molecule has 3 heterocycles. The first-order chi connectivity index (χ1) is 13.0. The van der Waals surface area contributed by atoms with Crippen molar-refractivity contribution in [1.82, 2.24) is 19.5 Å². The van der Waals surface area contributed by atoms with E-state index < -0.39 is 0 Å². The zero-order valence-corrected chi connectivity index (χ0v) is 16.9. The number of fused-ring (bicyclic) bond motifs is 2. The molecule has 0 aromatic carbocycles. The first kappa shape index (κ1) is 18.3. The first-order valence-corrected chi connectivity index (χ1v) is 10.0. The van der Waals surface area contributed by atoms with E-state index >= 15 is 0 Å². The molecule has 0 saturated heterocycles. The van der Waals surface area contributed by atoms with E-state index in [-0.39, 0.29) is 11.9 Å². The lowest BCUT2D eigenvalue weighted by Crippen LogP contribution is -2.13. The lowest BCUT2D eigenvalue weighted by atomic mass is 10.1. The van der Waals surface area contributed by atoms with Crippen LogP contribution in [0.5, 0.6) is 0 Å². The number of methoxy groups -OCH3 is 1. The largest absolute Gasteiger partial charge is 0.383 e. The van der Waals surface area contributed by atoms with Gasteiger partial charge in [-0.05, 0) is 38.3 Å². The van der Waals surface area contributed by atoms with Crippen molar-refractivity contribution in [2.24, 2.45) is 0 Å². The molecule has 0 spiro atoms. The van der Waals surface area contributed by atoms with Gasteiger partial charge in [-0.3, -0.25) is 0 Å². The molecule has 27 heavy (non-hydrogen) atoms. The number of aromatic nitrogens is 4. The molecular weight excluding hydrogens is 363 g/mol. The standard InChI is InChI=1S/C20H23FN4OS/c1-5-14(10-26-4)25-9-11(2)17-19(25)22-12(3)18(24-17)20-23-15-8-13(21)6-7-16(15)27-20/h8-9,14H,5-7,10H2,1-4H3. The highest BCUT2D eigenvalue weighted by atomic mass is 32.1. The summed E-state index contributed by atoms with van der Waals surface area (Å²) in [5.74, 6) is -0.103. The predicted octanol–water partition coefficient (Wildman–Crippen LogP) is 5.03. The third-order valence-corrected chi connectivity index (χ3v) is 6.18. The van der Waals surface area contributed by atoms with Crippen molar-refractivity contribution >= 4 is 28.6 Å². The van der Waals surface area contributed by atoms with Gasteiger partial charge in [-0.15, -0.1) is 11.3 Å². The van der Waals surface area contributed by atoms with Gasteiger partial charge in [0, 0.05) is 24.6 Å².